The van der Waals surface area contributed by atoms with E-state index >= 15 is 0 Å². The van der Waals surface area contributed by atoms with Crippen LogP contribution in [0.1, 0.15) is 29.9 Å². The van der Waals surface area contributed by atoms with E-state index in [4.69, 9.17) is 0 Å². The lowest BCUT2D eigenvalue weighted by Crippen LogP contribution is -2.24. The van der Waals surface area contributed by atoms with Crippen molar-refractivity contribution in [2.24, 2.45) is 10.2 Å². The van der Waals surface area contributed by atoms with Crippen molar-refractivity contribution in [1.82, 2.24) is 14.8 Å². The molecule has 0 bridgehead atoms. The number of halogens is 3. The molecular formula is C28H23F3N6OS. The number of para-hydroxylation sites is 1. The summed E-state index contributed by atoms with van der Waals surface area (Å²) in [4.78, 5) is 6.59. The van der Waals surface area contributed by atoms with E-state index in [-0.39, 0.29) is 5.75 Å². The molecule has 39 heavy (non-hydrogen) atoms. The van der Waals surface area contributed by atoms with Crippen molar-refractivity contribution in [3.63, 3.8) is 0 Å². The normalized spacial score (nSPS) is 16.9. The van der Waals surface area contributed by atoms with E-state index in [1.54, 1.807) is 18.0 Å². The van der Waals surface area contributed by atoms with Gasteiger partial charge in [0, 0.05) is 23.5 Å². The van der Waals surface area contributed by atoms with Crippen LogP contribution in [0.25, 0.3) is 17.1 Å². The molecule has 1 aliphatic heterocycles. The minimum absolute atomic E-state index is 0.295. The van der Waals surface area contributed by atoms with Crippen LogP contribution in [0.5, 0.6) is 5.75 Å². The van der Waals surface area contributed by atoms with Gasteiger partial charge < -0.3 is 9.64 Å². The Hall–Kier alpha value is -4.12. The molecule has 11 heteroatoms. The molecule has 0 atom stereocenters. The third kappa shape index (κ3) is 5.98. The Labute approximate surface area is 227 Å². The molecule has 0 N–H and O–H groups in total. The topological polar surface area (TPSA) is 67.9 Å². The molecule has 0 unspecified atom stereocenters. The molecule has 0 amide bonds. The summed E-state index contributed by atoms with van der Waals surface area (Å²) in [6.07, 6.45) is 0.998. The van der Waals surface area contributed by atoms with Gasteiger partial charge in [0.2, 0.25) is 0 Å². The molecule has 0 spiro atoms. The van der Waals surface area contributed by atoms with Gasteiger partial charge in [-0.1, -0.05) is 54.2 Å². The highest BCUT2D eigenvalue weighted by atomic mass is 32.2. The lowest BCUT2D eigenvalue weighted by atomic mass is 10.1. The van der Waals surface area contributed by atoms with E-state index in [0.29, 0.717) is 17.4 Å². The average Bonchev–Trinajstić information content (AvgIpc) is 3.47. The van der Waals surface area contributed by atoms with Gasteiger partial charge in [0.05, 0.1) is 11.9 Å². The number of amidine groups is 1. The number of hydrogen-bond donors (Lipinski definition) is 0. The highest BCUT2D eigenvalue weighted by Crippen LogP contribution is 2.45. The summed E-state index contributed by atoms with van der Waals surface area (Å²) in [6.45, 7) is 0.919. The Balaban J connectivity index is 1.12. The van der Waals surface area contributed by atoms with Gasteiger partial charge in [-0.25, -0.2) is 9.67 Å². The predicted molar refractivity (Wildman–Crippen MR) is 147 cm³/mol. The molecule has 2 heterocycles. The van der Waals surface area contributed by atoms with E-state index in [0.717, 1.165) is 28.6 Å². The van der Waals surface area contributed by atoms with Gasteiger partial charge in [0.1, 0.15) is 12.1 Å². The largest absolute Gasteiger partial charge is 0.573 e. The number of benzene rings is 3. The SMILES string of the molecule is FC(F)(F)Oc1ccc(-n2cnc(-c3ccc(C=NN=C4SCCN4c4ccccc4C4CC4)cc3)n2)cc1. The molecule has 198 valence electrons. The van der Waals surface area contributed by atoms with Crippen LogP contribution in [0.4, 0.5) is 18.9 Å². The summed E-state index contributed by atoms with van der Waals surface area (Å²) >= 11 is 1.71. The summed E-state index contributed by atoms with van der Waals surface area (Å²) in [5.41, 5.74) is 4.88. The summed E-state index contributed by atoms with van der Waals surface area (Å²) in [5, 5.41) is 14.2. The molecule has 1 saturated heterocycles. The average molecular weight is 549 g/mol. The number of thioether (sulfide) groups is 1. The summed E-state index contributed by atoms with van der Waals surface area (Å²) in [7, 11) is 0. The van der Waals surface area contributed by atoms with Crippen molar-refractivity contribution in [2.75, 3.05) is 17.2 Å². The highest BCUT2D eigenvalue weighted by Gasteiger charge is 2.31. The summed E-state index contributed by atoms with van der Waals surface area (Å²) in [6, 6.07) is 21.6. The van der Waals surface area contributed by atoms with Crippen LogP contribution in [0.3, 0.4) is 0 Å². The minimum atomic E-state index is -4.73. The van der Waals surface area contributed by atoms with Gasteiger partial charge in [0.15, 0.2) is 11.0 Å². The molecule has 2 fully saturated rings. The maximum Gasteiger partial charge on any atom is 0.573 e. The van der Waals surface area contributed by atoms with E-state index < -0.39 is 6.36 Å². The van der Waals surface area contributed by atoms with Gasteiger partial charge >= 0.3 is 6.36 Å². The fraction of sp³-hybridized carbons (Fsp3) is 0.214. The first kappa shape index (κ1) is 25.2. The zero-order valence-corrected chi connectivity index (χ0v) is 21.4. The van der Waals surface area contributed by atoms with Crippen molar-refractivity contribution < 1.29 is 17.9 Å². The number of alkyl halides is 3. The van der Waals surface area contributed by atoms with Crippen LogP contribution in [-0.4, -0.2) is 44.8 Å². The summed E-state index contributed by atoms with van der Waals surface area (Å²) in [5.74, 6) is 1.83. The van der Waals surface area contributed by atoms with Gasteiger partial charge in [-0.15, -0.1) is 23.4 Å². The zero-order valence-electron chi connectivity index (χ0n) is 20.6. The van der Waals surface area contributed by atoms with Crippen LogP contribution in [-0.2, 0) is 0 Å². The molecule has 0 radical (unpaired) electrons. The Bertz CT molecular complexity index is 1510. The second-order valence-electron chi connectivity index (χ2n) is 9.14. The quantitative estimate of drug-likeness (QED) is 0.191. The monoisotopic (exact) mass is 548 g/mol. The number of nitrogens with zero attached hydrogens (tertiary/aromatic N) is 6. The van der Waals surface area contributed by atoms with Crippen LogP contribution in [0, 0.1) is 0 Å². The van der Waals surface area contributed by atoms with Crippen molar-refractivity contribution in [3.05, 3.63) is 90.3 Å². The van der Waals surface area contributed by atoms with Crippen LogP contribution in [0.2, 0.25) is 0 Å². The fourth-order valence-corrected chi connectivity index (χ4v) is 5.27. The minimum Gasteiger partial charge on any atom is -0.406 e. The Kier molecular flexibility index (Phi) is 6.82. The zero-order chi connectivity index (χ0) is 26.8. The van der Waals surface area contributed by atoms with E-state index in [1.807, 2.05) is 24.3 Å². The number of aromatic nitrogens is 3. The van der Waals surface area contributed by atoms with E-state index in [9.17, 15) is 13.2 Å². The second-order valence-corrected chi connectivity index (χ2v) is 10.2. The lowest BCUT2D eigenvalue weighted by Gasteiger charge is -2.20. The smallest absolute Gasteiger partial charge is 0.406 e. The molecule has 1 aliphatic carbocycles. The molecular weight excluding hydrogens is 525 g/mol. The molecule has 3 aromatic carbocycles. The molecule has 2 aliphatic rings. The fourth-order valence-electron chi connectivity index (χ4n) is 4.36. The summed E-state index contributed by atoms with van der Waals surface area (Å²) < 4.78 is 42.5. The second kappa shape index (κ2) is 10.6. The van der Waals surface area contributed by atoms with Gasteiger partial charge in [-0.3, -0.25) is 0 Å². The van der Waals surface area contributed by atoms with Gasteiger partial charge in [0.25, 0.3) is 0 Å². The Morgan fingerprint density at radius 2 is 1.74 bits per heavy atom. The molecule has 6 rings (SSSR count). The third-order valence-electron chi connectivity index (χ3n) is 6.37. The number of hydrogen-bond acceptors (Lipinski definition) is 6. The van der Waals surface area contributed by atoms with Crippen molar-refractivity contribution in [1.29, 1.82) is 0 Å². The maximum atomic E-state index is 12.4. The van der Waals surface area contributed by atoms with E-state index in [1.165, 1.54) is 59.4 Å². The molecule has 4 aromatic rings. The first-order valence-electron chi connectivity index (χ1n) is 12.4. The van der Waals surface area contributed by atoms with Crippen LogP contribution >= 0.6 is 11.8 Å². The molecule has 7 nitrogen and oxygen atoms in total. The molecule has 1 saturated carbocycles. The first-order chi connectivity index (χ1) is 18.9. The predicted octanol–water partition coefficient (Wildman–Crippen LogP) is 6.65. The number of anilines is 1. The van der Waals surface area contributed by atoms with E-state index in [2.05, 4.69) is 54.2 Å². The van der Waals surface area contributed by atoms with Crippen molar-refractivity contribution in [2.45, 2.75) is 25.1 Å². The standard InChI is InChI=1S/C28H23F3N6OS/c29-28(30,31)38-23-13-11-22(12-14-23)37-18-32-26(35-37)21-7-5-19(6-8-21)17-33-34-27-36(15-16-39-27)25-4-2-1-3-24(25)20-9-10-20/h1-8,11-14,17-18,20H,9-10,15-16H2. The van der Waals surface area contributed by atoms with Crippen molar-refractivity contribution >= 4 is 28.8 Å². The third-order valence-corrected chi connectivity index (χ3v) is 7.31. The maximum absolute atomic E-state index is 12.4. The number of ether oxygens (including phenoxy) is 1. The lowest BCUT2D eigenvalue weighted by molar-refractivity contribution is -0.274. The Morgan fingerprint density at radius 3 is 2.49 bits per heavy atom. The Morgan fingerprint density at radius 1 is 0.974 bits per heavy atom. The van der Waals surface area contributed by atoms with Crippen molar-refractivity contribution in [3.8, 4) is 22.8 Å². The first-order valence-corrected chi connectivity index (χ1v) is 13.4. The van der Waals surface area contributed by atoms with Crippen LogP contribution < -0.4 is 9.64 Å². The van der Waals surface area contributed by atoms with Gasteiger partial charge in [-0.05, 0) is 60.2 Å². The van der Waals surface area contributed by atoms with Gasteiger partial charge in [-0.2, -0.15) is 5.10 Å². The number of rotatable bonds is 7. The molecule has 1 aromatic heterocycles. The van der Waals surface area contributed by atoms with Crippen LogP contribution in [0.15, 0.2) is 89.3 Å². The highest BCUT2D eigenvalue weighted by molar-refractivity contribution is 8.14.